The molecule has 1 N–H and O–H groups in total. The van der Waals surface area contributed by atoms with Gasteiger partial charge in [-0.15, -0.1) is 23.2 Å². The van der Waals surface area contributed by atoms with Gasteiger partial charge in [-0.3, -0.25) is 9.59 Å². The molecule has 3 aromatic carbocycles. The fourth-order valence-corrected chi connectivity index (χ4v) is 5.12. The van der Waals surface area contributed by atoms with Gasteiger partial charge in [0.2, 0.25) is 5.91 Å². The Morgan fingerprint density at radius 2 is 1.71 bits per heavy atom. The first-order chi connectivity index (χ1) is 16.1. The van der Waals surface area contributed by atoms with E-state index in [4.69, 9.17) is 46.4 Å². The minimum atomic E-state index is -1.37. The van der Waals surface area contributed by atoms with E-state index in [-0.39, 0.29) is 27.9 Å². The first-order valence-corrected chi connectivity index (χ1v) is 11.8. The second-order valence-corrected chi connectivity index (χ2v) is 10.4. The Morgan fingerprint density at radius 3 is 2.38 bits per heavy atom. The van der Waals surface area contributed by atoms with Gasteiger partial charge in [0, 0.05) is 29.9 Å². The quantitative estimate of drug-likeness (QED) is 0.260. The Hall–Kier alpha value is -2.31. The number of benzene rings is 3. The van der Waals surface area contributed by atoms with Crippen molar-refractivity contribution in [3.8, 4) is 0 Å². The maximum absolute atomic E-state index is 13.5. The molecule has 0 heterocycles. The summed E-state index contributed by atoms with van der Waals surface area (Å²) in [5.41, 5.74) is 2.11. The standard InChI is InChI=1S/C25H19Cl4FN2O2/c1-32(16-5-3-2-4-6-16)13-21(33)17-12-15(8-9-18(17)26)31-24(34)23-22(25(23,28)29)14-7-10-20(30)19(27)11-14/h2-12,22-23H,13H2,1H3,(H,31,34)/t22-,23+/m0/s1. The van der Waals surface area contributed by atoms with Crippen LogP contribution in [0.1, 0.15) is 21.8 Å². The highest BCUT2D eigenvalue weighted by molar-refractivity contribution is 6.53. The van der Waals surface area contributed by atoms with Crippen molar-refractivity contribution in [2.24, 2.45) is 5.92 Å². The second-order valence-electron chi connectivity index (χ2n) is 8.10. The lowest BCUT2D eigenvalue weighted by molar-refractivity contribution is -0.117. The van der Waals surface area contributed by atoms with E-state index in [0.29, 0.717) is 11.3 Å². The molecule has 4 rings (SSSR count). The number of amides is 1. The summed E-state index contributed by atoms with van der Waals surface area (Å²) in [7, 11) is 1.81. The minimum Gasteiger partial charge on any atom is -0.367 e. The van der Waals surface area contributed by atoms with Crippen molar-refractivity contribution in [2.75, 3.05) is 23.8 Å². The predicted octanol–water partition coefficient (Wildman–Crippen LogP) is 6.98. The van der Waals surface area contributed by atoms with Crippen LogP contribution in [0, 0.1) is 11.7 Å². The molecule has 0 radical (unpaired) electrons. The van der Waals surface area contributed by atoms with Crippen molar-refractivity contribution in [3.05, 3.63) is 93.7 Å². The number of nitrogens with zero attached hydrogens (tertiary/aromatic N) is 1. The highest BCUT2D eigenvalue weighted by Gasteiger charge is 2.67. The van der Waals surface area contributed by atoms with E-state index in [9.17, 15) is 14.0 Å². The number of alkyl halides is 2. The van der Waals surface area contributed by atoms with Crippen LogP contribution in [0.4, 0.5) is 15.8 Å². The summed E-state index contributed by atoms with van der Waals surface area (Å²) in [6, 6.07) is 18.3. The lowest BCUT2D eigenvalue weighted by Gasteiger charge is -2.19. The molecule has 1 fully saturated rings. The minimum absolute atomic E-state index is 0.0750. The smallest absolute Gasteiger partial charge is 0.231 e. The monoisotopic (exact) mass is 538 g/mol. The van der Waals surface area contributed by atoms with Crippen LogP contribution in [0.25, 0.3) is 0 Å². The molecule has 0 saturated heterocycles. The third kappa shape index (κ3) is 5.03. The van der Waals surface area contributed by atoms with Gasteiger partial charge in [-0.05, 0) is 48.0 Å². The summed E-state index contributed by atoms with van der Waals surface area (Å²) in [5.74, 6) is -2.55. The fourth-order valence-electron chi connectivity index (χ4n) is 3.88. The molecule has 0 aliphatic heterocycles. The Kier molecular flexibility index (Phi) is 7.11. The Bertz CT molecular complexity index is 1250. The number of para-hydroxylation sites is 1. The highest BCUT2D eigenvalue weighted by atomic mass is 35.5. The average Bonchev–Trinajstić information content (AvgIpc) is 3.39. The van der Waals surface area contributed by atoms with Gasteiger partial charge in [0.05, 0.1) is 22.5 Å². The maximum atomic E-state index is 13.5. The van der Waals surface area contributed by atoms with Gasteiger partial charge in [-0.1, -0.05) is 47.5 Å². The molecule has 9 heteroatoms. The average molecular weight is 540 g/mol. The van der Waals surface area contributed by atoms with Crippen LogP contribution in [-0.2, 0) is 4.79 Å². The van der Waals surface area contributed by atoms with Crippen LogP contribution >= 0.6 is 46.4 Å². The van der Waals surface area contributed by atoms with Gasteiger partial charge in [0.15, 0.2) is 5.78 Å². The Labute approximate surface area is 216 Å². The molecule has 0 bridgehead atoms. The largest absolute Gasteiger partial charge is 0.367 e. The zero-order chi connectivity index (χ0) is 24.6. The molecule has 3 aromatic rings. The molecule has 2 atom stereocenters. The molecule has 0 unspecified atom stereocenters. The third-order valence-corrected chi connectivity index (χ3v) is 7.31. The summed E-state index contributed by atoms with van der Waals surface area (Å²) in [6.45, 7) is 0.101. The predicted molar refractivity (Wildman–Crippen MR) is 136 cm³/mol. The van der Waals surface area contributed by atoms with Crippen molar-refractivity contribution in [2.45, 2.75) is 10.3 Å². The number of carbonyl (C=O) groups is 2. The molecule has 1 aliphatic carbocycles. The molecule has 176 valence electrons. The summed E-state index contributed by atoms with van der Waals surface area (Å²) in [4.78, 5) is 27.7. The van der Waals surface area contributed by atoms with Gasteiger partial charge in [-0.2, -0.15) is 0 Å². The van der Waals surface area contributed by atoms with Crippen molar-refractivity contribution in [3.63, 3.8) is 0 Å². The van der Waals surface area contributed by atoms with Gasteiger partial charge in [0.25, 0.3) is 0 Å². The number of halogens is 5. The number of likely N-dealkylation sites (N-methyl/N-ethyl adjacent to an activating group) is 1. The lowest BCUT2D eigenvalue weighted by Crippen LogP contribution is -2.26. The maximum Gasteiger partial charge on any atom is 0.231 e. The van der Waals surface area contributed by atoms with Gasteiger partial charge in [0.1, 0.15) is 10.2 Å². The van der Waals surface area contributed by atoms with Crippen molar-refractivity contribution >= 4 is 69.5 Å². The van der Waals surface area contributed by atoms with Gasteiger partial charge < -0.3 is 10.2 Å². The number of carbonyl (C=O) groups excluding carboxylic acids is 2. The SMILES string of the molecule is CN(CC(=O)c1cc(NC(=O)[C@H]2[C@H](c3ccc(F)c(Cl)c3)C2(Cl)Cl)ccc1Cl)c1ccccc1. The van der Waals surface area contributed by atoms with Crippen LogP contribution in [0.5, 0.6) is 0 Å². The van der Waals surface area contributed by atoms with Crippen LogP contribution < -0.4 is 10.2 Å². The summed E-state index contributed by atoms with van der Waals surface area (Å²) in [5, 5.41) is 2.96. The summed E-state index contributed by atoms with van der Waals surface area (Å²) in [6.07, 6.45) is 0. The lowest BCUT2D eigenvalue weighted by atomic mass is 10.1. The van der Waals surface area contributed by atoms with Crippen molar-refractivity contribution < 1.29 is 14.0 Å². The molecule has 4 nitrogen and oxygen atoms in total. The number of Topliss-reactive ketones (excluding diaryl/α,β-unsaturated/α-hetero) is 1. The van der Waals surface area contributed by atoms with Crippen LogP contribution in [0.15, 0.2) is 66.7 Å². The Morgan fingerprint density at radius 1 is 1.00 bits per heavy atom. The molecule has 34 heavy (non-hydrogen) atoms. The summed E-state index contributed by atoms with van der Waals surface area (Å²) < 4.78 is 12.1. The van der Waals surface area contributed by atoms with Crippen LogP contribution in [0.3, 0.4) is 0 Å². The molecule has 0 spiro atoms. The van der Waals surface area contributed by atoms with Crippen LogP contribution in [0.2, 0.25) is 10.0 Å². The molecule has 0 aromatic heterocycles. The number of nitrogens with one attached hydrogen (secondary N) is 1. The number of hydrogen-bond acceptors (Lipinski definition) is 3. The van der Waals surface area contributed by atoms with E-state index in [1.54, 1.807) is 12.1 Å². The van der Waals surface area contributed by atoms with Crippen LogP contribution in [-0.4, -0.2) is 29.6 Å². The van der Waals surface area contributed by atoms with E-state index in [2.05, 4.69) is 5.32 Å². The fraction of sp³-hybridized carbons (Fsp3) is 0.200. The highest BCUT2D eigenvalue weighted by Crippen LogP contribution is 2.65. The first kappa shape index (κ1) is 24.8. The summed E-state index contributed by atoms with van der Waals surface area (Å²) >= 11 is 24.9. The molecule has 1 aliphatic rings. The Balaban J connectivity index is 1.48. The number of anilines is 2. The molecular formula is C25H19Cl4FN2O2. The van der Waals surface area contributed by atoms with Gasteiger partial charge in [-0.25, -0.2) is 4.39 Å². The number of ketones is 1. The van der Waals surface area contributed by atoms with E-state index in [0.717, 1.165) is 5.69 Å². The zero-order valence-electron chi connectivity index (χ0n) is 17.9. The number of hydrogen-bond donors (Lipinski definition) is 1. The normalized spacial score (nSPS) is 18.3. The van der Waals surface area contributed by atoms with E-state index < -0.39 is 27.9 Å². The van der Waals surface area contributed by atoms with E-state index in [1.165, 1.54) is 24.3 Å². The van der Waals surface area contributed by atoms with E-state index in [1.807, 2.05) is 42.3 Å². The van der Waals surface area contributed by atoms with E-state index >= 15 is 0 Å². The topological polar surface area (TPSA) is 49.4 Å². The van der Waals surface area contributed by atoms with Crippen molar-refractivity contribution in [1.29, 1.82) is 0 Å². The third-order valence-electron chi connectivity index (χ3n) is 5.75. The first-order valence-electron chi connectivity index (χ1n) is 10.3. The van der Waals surface area contributed by atoms with Gasteiger partial charge >= 0.3 is 0 Å². The molecular weight excluding hydrogens is 521 g/mol. The molecule has 1 amide bonds. The second kappa shape index (κ2) is 9.74. The number of rotatable bonds is 7. The van der Waals surface area contributed by atoms with Crippen molar-refractivity contribution in [1.82, 2.24) is 0 Å². The zero-order valence-corrected chi connectivity index (χ0v) is 20.9. The molecule has 1 saturated carbocycles.